The van der Waals surface area contributed by atoms with Gasteiger partial charge < -0.3 is 10.5 Å². The molecule has 0 spiro atoms. The summed E-state index contributed by atoms with van der Waals surface area (Å²) in [6.07, 6.45) is 2.12. The van der Waals surface area contributed by atoms with Crippen molar-refractivity contribution in [3.63, 3.8) is 0 Å². The van der Waals surface area contributed by atoms with Crippen LogP contribution in [-0.2, 0) is 6.42 Å². The molecule has 1 aromatic heterocycles. The second kappa shape index (κ2) is 4.82. The summed E-state index contributed by atoms with van der Waals surface area (Å²) in [4.78, 5) is 4.18. The van der Waals surface area contributed by atoms with Crippen molar-refractivity contribution in [2.75, 3.05) is 12.8 Å². The zero-order valence-corrected chi connectivity index (χ0v) is 9.48. The maximum absolute atomic E-state index is 13.2. The molecule has 0 atom stereocenters. The van der Waals surface area contributed by atoms with Crippen LogP contribution in [0.2, 0.25) is 0 Å². The second-order valence-corrected chi connectivity index (χ2v) is 3.67. The number of nitrogens with two attached hydrogens (primary N) is 1. The van der Waals surface area contributed by atoms with Gasteiger partial charge in [-0.1, -0.05) is 0 Å². The molecule has 0 saturated heterocycles. The van der Waals surface area contributed by atoms with Gasteiger partial charge in [-0.2, -0.15) is 0 Å². The number of nitrogen functional groups attached to an aromatic ring is 1. The molecule has 4 heteroatoms. The number of ether oxygens (including phenoxy) is 1. The van der Waals surface area contributed by atoms with Crippen LogP contribution in [0.15, 0.2) is 36.5 Å². The van der Waals surface area contributed by atoms with Gasteiger partial charge in [-0.15, -0.1) is 0 Å². The van der Waals surface area contributed by atoms with Crippen molar-refractivity contribution in [3.8, 4) is 5.75 Å². The van der Waals surface area contributed by atoms with Crippen LogP contribution in [0.3, 0.4) is 0 Å². The maximum Gasteiger partial charge on any atom is 0.123 e. The van der Waals surface area contributed by atoms with Crippen molar-refractivity contribution in [3.05, 3.63) is 53.6 Å². The first kappa shape index (κ1) is 11.4. The molecule has 3 nitrogen and oxygen atoms in total. The number of benzene rings is 1. The number of pyridine rings is 1. The van der Waals surface area contributed by atoms with Crippen LogP contribution in [0.4, 0.5) is 10.1 Å². The Morgan fingerprint density at radius 1 is 1.35 bits per heavy atom. The summed E-state index contributed by atoms with van der Waals surface area (Å²) in [5.41, 5.74) is 7.85. The Bertz CT molecular complexity index is 529. The highest BCUT2D eigenvalue weighted by Crippen LogP contribution is 2.23. The number of methoxy groups -OCH3 is 1. The molecule has 2 N–H and O–H groups in total. The number of anilines is 1. The van der Waals surface area contributed by atoms with Crippen molar-refractivity contribution >= 4 is 5.69 Å². The molecule has 1 heterocycles. The molecule has 2 rings (SSSR count). The molecule has 17 heavy (non-hydrogen) atoms. The van der Waals surface area contributed by atoms with Crippen molar-refractivity contribution in [1.82, 2.24) is 4.98 Å². The molecule has 0 saturated carbocycles. The van der Waals surface area contributed by atoms with Crippen LogP contribution in [0, 0.1) is 5.82 Å². The van der Waals surface area contributed by atoms with Gasteiger partial charge in [-0.05, 0) is 30.3 Å². The lowest BCUT2D eigenvalue weighted by atomic mass is 10.1. The van der Waals surface area contributed by atoms with Gasteiger partial charge in [-0.3, -0.25) is 4.98 Å². The van der Waals surface area contributed by atoms with E-state index in [1.54, 1.807) is 31.5 Å². The van der Waals surface area contributed by atoms with Crippen LogP contribution in [0.1, 0.15) is 11.3 Å². The average molecular weight is 232 g/mol. The number of halogens is 1. The van der Waals surface area contributed by atoms with Crippen molar-refractivity contribution < 1.29 is 9.13 Å². The molecule has 1 aromatic carbocycles. The summed E-state index contributed by atoms with van der Waals surface area (Å²) in [5, 5.41) is 0. The number of nitrogens with zero attached hydrogens (tertiary/aromatic N) is 1. The summed E-state index contributed by atoms with van der Waals surface area (Å²) in [7, 11) is 1.55. The number of hydrogen-bond acceptors (Lipinski definition) is 3. The van der Waals surface area contributed by atoms with E-state index in [0.29, 0.717) is 17.9 Å². The summed E-state index contributed by atoms with van der Waals surface area (Å²) in [6.45, 7) is 0. The van der Waals surface area contributed by atoms with Gasteiger partial charge in [0.15, 0.2) is 0 Å². The topological polar surface area (TPSA) is 48.1 Å². The molecular weight excluding hydrogens is 219 g/mol. The fourth-order valence-corrected chi connectivity index (χ4v) is 1.66. The third kappa shape index (κ3) is 2.53. The highest BCUT2D eigenvalue weighted by Gasteiger charge is 2.08. The average Bonchev–Trinajstić information content (AvgIpc) is 2.32. The second-order valence-electron chi connectivity index (χ2n) is 3.67. The van der Waals surface area contributed by atoms with Gasteiger partial charge >= 0.3 is 0 Å². The Morgan fingerprint density at radius 3 is 2.88 bits per heavy atom. The standard InChI is InChI=1S/C13H13FN2O/c1-17-13-5-4-10(14)7-9(13)8-12-11(15)3-2-6-16-12/h2-7H,8,15H2,1H3. The predicted octanol–water partition coefficient (Wildman–Crippen LogP) is 2.40. The SMILES string of the molecule is COc1ccc(F)cc1Cc1ncccc1N. The fraction of sp³-hybridized carbons (Fsp3) is 0.154. The van der Waals surface area contributed by atoms with E-state index in [1.165, 1.54) is 12.1 Å². The first-order chi connectivity index (χ1) is 8.20. The summed E-state index contributed by atoms with van der Waals surface area (Å²) < 4.78 is 18.4. The maximum atomic E-state index is 13.2. The number of rotatable bonds is 3. The largest absolute Gasteiger partial charge is 0.496 e. The van der Waals surface area contributed by atoms with Crippen LogP contribution in [-0.4, -0.2) is 12.1 Å². The Kier molecular flexibility index (Phi) is 3.23. The minimum Gasteiger partial charge on any atom is -0.496 e. The number of hydrogen-bond donors (Lipinski definition) is 1. The lowest BCUT2D eigenvalue weighted by molar-refractivity contribution is 0.409. The van der Waals surface area contributed by atoms with Gasteiger partial charge in [0.2, 0.25) is 0 Å². The minimum atomic E-state index is -0.296. The first-order valence-electron chi connectivity index (χ1n) is 5.22. The van der Waals surface area contributed by atoms with Crippen molar-refractivity contribution in [2.45, 2.75) is 6.42 Å². The fourth-order valence-electron chi connectivity index (χ4n) is 1.66. The van der Waals surface area contributed by atoms with Crippen LogP contribution in [0.5, 0.6) is 5.75 Å². The summed E-state index contributed by atoms with van der Waals surface area (Å²) in [5.74, 6) is 0.340. The molecule has 0 aliphatic carbocycles. The van der Waals surface area contributed by atoms with Gasteiger partial charge in [0.05, 0.1) is 18.5 Å². The molecule has 0 amide bonds. The summed E-state index contributed by atoms with van der Waals surface area (Å²) in [6, 6.07) is 7.94. The summed E-state index contributed by atoms with van der Waals surface area (Å²) >= 11 is 0. The van der Waals surface area contributed by atoms with E-state index in [9.17, 15) is 4.39 Å². The monoisotopic (exact) mass is 232 g/mol. The van der Waals surface area contributed by atoms with E-state index in [4.69, 9.17) is 10.5 Å². The van der Waals surface area contributed by atoms with E-state index in [1.807, 2.05) is 0 Å². The van der Waals surface area contributed by atoms with Crippen molar-refractivity contribution in [2.24, 2.45) is 0 Å². The van der Waals surface area contributed by atoms with E-state index < -0.39 is 0 Å². The van der Waals surface area contributed by atoms with E-state index in [2.05, 4.69) is 4.98 Å². The molecule has 0 bridgehead atoms. The highest BCUT2D eigenvalue weighted by molar-refractivity contribution is 5.46. The molecule has 2 aromatic rings. The molecule has 0 aliphatic rings. The van der Waals surface area contributed by atoms with Gasteiger partial charge in [0, 0.05) is 18.2 Å². The molecule has 0 radical (unpaired) electrons. The van der Waals surface area contributed by atoms with Gasteiger partial charge in [0.1, 0.15) is 11.6 Å². The zero-order valence-electron chi connectivity index (χ0n) is 9.48. The quantitative estimate of drug-likeness (QED) is 0.884. The molecule has 0 fully saturated rings. The van der Waals surface area contributed by atoms with Crippen molar-refractivity contribution in [1.29, 1.82) is 0 Å². The van der Waals surface area contributed by atoms with Crippen LogP contribution >= 0.6 is 0 Å². The third-order valence-electron chi connectivity index (χ3n) is 2.53. The third-order valence-corrected chi connectivity index (χ3v) is 2.53. The van der Waals surface area contributed by atoms with E-state index in [0.717, 1.165) is 11.3 Å². The first-order valence-corrected chi connectivity index (χ1v) is 5.22. The Hall–Kier alpha value is -2.10. The lowest BCUT2D eigenvalue weighted by Crippen LogP contribution is -2.00. The minimum absolute atomic E-state index is 0.296. The normalized spacial score (nSPS) is 10.2. The van der Waals surface area contributed by atoms with Gasteiger partial charge in [-0.25, -0.2) is 4.39 Å². The lowest BCUT2D eigenvalue weighted by Gasteiger charge is -2.09. The Balaban J connectivity index is 2.35. The molecule has 88 valence electrons. The molecule has 0 unspecified atom stereocenters. The zero-order chi connectivity index (χ0) is 12.3. The van der Waals surface area contributed by atoms with Gasteiger partial charge in [0.25, 0.3) is 0 Å². The Morgan fingerprint density at radius 2 is 2.18 bits per heavy atom. The smallest absolute Gasteiger partial charge is 0.123 e. The molecule has 0 aliphatic heterocycles. The predicted molar refractivity (Wildman–Crippen MR) is 64.4 cm³/mol. The number of aromatic nitrogens is 1. The Labute approximate surface area is 99.1 Å². The highest BCUT2D eigenvalue weighted by atomic mass is 19.1. The molecular formula is C13H13FN2O. The van der Waals surface area contributed by atoms with E-state index in [-0.39, 0.29) is 5.82 Å². The van der Waals surface area contributed by atoms with E-state index >= 15 is 0 Å². The van der Waals surface area contributed by atoms with Crippen LogP contribution in [0.25, 0.3) is 0 Å². The van der Waals surface area contributed by atoms with Crippen LogP contribution < -0.4 is 10.5 Å².